The fourth-order valence-electron chi connectivity index (χ4n) is 8.85. The number of aromatic nitrogens is 2. The van der Waals surface area contributed by atoms with Crippen LogP contribution in [0, 0.1) is 34.5 Å². The molecule has 5 aromatic carbocycles. The van der Waals surface area contributed by atoms with Gasteiger partial charge in [0.1, 0.15) is 0 Å². The first-order valence-electron chi connectivity index (χ1n) is 17.9. The molecule has 0 saturated carbocycles. The van der Waals surface area contributed by atoms with Crippen LogP contribution in [0.5, 0.6) is 0 Å². The van der Waals surface area contributed by atoms with Crippen molar-refractivity contribution in [2.24, 2.45) is 10.8 Å². The van der Waals surface area contributed by atoms with E-state index in [2.05, 4.69) is 152 Å². The first-order valence-corrected chi connectivity index (χ1v) is 17.9. The monoisotopic (exact) mass is 638 g/mol. The SMILES string of the molecule is CC#CCn1c2cc(CC3c4ccc5ccccc5c4CC3(C)C)ccc2c2ccc3c4ccc(CC(C)(C)C)cc4n(CC#CC)c3c21. The lowest BCUT2D eigenvalue weighted by molar-refractivity contribution is 0.311. The molecule has 0 bridgehead atoms. The Balaban J connectivity index is 1.33. The van der Waals surface area contributed by atoms with Crippen LogP contribution in [-0.2, 0) is 32.4 Å². The van der Waals surface area contributed by atoms with E-state index < -0.39 is 0 Å². The molecule has 8 rings (SSSR count). The predicted octanol–water partition coefficient (Wildman–Crippen LogP) is 11.6. The third kappa shape index (κ3) is 5.21. The Bertz CT molecular complexity index is 2570. The second-order valence-corrected chi connectivity index (χ2v) is 16.1. The summed E-state index contributed by atoms with van der Waals surface area (Å²) < 4.78 is 4.95. The maximum atomic E-state index is 3.44. The summed E-state index contributed by atoms with van der Waals surface area (Å²) in [5.74, 6) is 13.7. The Morgan fingerprint density at radius 2 is 1.24 bits per heavy atom. The van der Waals surface area contributed by atoms with Crippen molar-refractivity contribution < 1.29 is 0 Å². The maximum Gasteiger partial charge on any atom is 0.0844 e. The van der Waals surface area contributed by atoms with Gasteiger partial charge < -0.3 is 9.13 Å². The van der Waals surface area contributed by atoms with Gasteiger partial charge >= 0.3 is 0 Å². The number of rotatable bonds is 5. The van der Waals surface area contributed by atoms with Crippen molar-refractivity contribution in [2.75, 3.05) is 0 Å². The van der Waals surface area contributed by atoms with E-state index in [1.165, 1.54) is 76.6 Å². The average Bonchev–Trinajstić information content (AvgIpc) is 3.65. The quantitative estimate of drug-likeness (QED) is 0.166. The minimum atomic E-state index is 0.182. The van der Waals surface area contributed by atoms with E-state index in [0.717, 1.165) is 19.3 Å². The summed E-state index contributed by atoms with van der Waals surface area (Å²) in [5.41, 5.74) is 11.3. The lowest BCUT2D eigenvalue weighted by Gasteiger charge is -2.28. The average molecular weight is 639 g/mol. The van der Waals surface area contributed by atoms with Crippen molar-refractivity contribution in [3.63, 3.8) is 0 Å². The van der Waals surface area contributed by atoms with Gasteiger partial charge in [0.05, 0.1) is 35.2 Å². The van der Waals surface area contributed by atoms with Gasteiger partial charge in [0.15, 0.2) is 0 Å². The van der Waals surface area contributed by atoms with Gasteiger partial charge in [-0.2, -0.15) is 0 Å². The van der Waals surface area contributed by atoms with Crippen molar-refractivity contribution >= 4 is 54.4 Å². The third-order valence-electron chi connectivity index (χ3n) is 11.0. The Hall–Kier alpha value is -4.92. The van der Waals surface area contributed by atoms with Gasteiger partial charge in [-0.25, -0.2) is 0 Å². The number of fused-ring (bicyclic) bond motifs is 10. The lowest BCUT2D eigenvalue weighted by atomic mass is 9.76. The summed E-state index contributed by atoms with van der Waals surface area (Å²) in [6.07, 6.45) is 3.17. The van der Waals surface area contributed by atoms with Crippen molar-refractivity contribution in [1.29, 1.82) is 0 Å². The highest BCUT2D eigenvalue weighted by Crippen LogP contribution is 2.51. The van der Waals surface area contributed by atoms with E-state index in [0.29, 0.717) is 19.0 Å². The van der Waals surface area contributed by atoms with E-state index in [1.807, 2.05) is 13.8 Å². The zero-order valence-electron chi connectivity index (χ0n) is 30.1. The van der Waals surface area contributed by atoms with Crippen molar-refractivity contribution in [3.05, 3.63) is 107 Å². The second-order valence-electron chi connectivity index (χ2n) is 16.1. The largest absolute Gasteiger partial charge is 0.327 e. The van der Waals surface area contributed by atoms with Crippen LogP contribution in [0.1, 0.15) is 76.6 Å². The number of nitrogens with zero attached hydrogens (tertiary/aromatic N) is 2. The number of benzene rings is 5. The van der Waals surface area contributed by atoms with Crippen LogP contribution in [-0.4, -0.2) is 9.13 Å². The van der Waals surface area contributed by atoms with Gasteiger partial charge in [-0.15, -0.1) is 11.8 Å². The summed E-state index contributed by atoms with van der Waals surface area (Å²) in [6.45, 7) is 17.1. The van der Waals surface area contributed by atoms with Gasteiger partial charge in [-0.05, 0) is 95.0 Å². The Morgan fingerprint density at radius 1 is 0.673 bits per heavy atom. The van der Waals surface area contributed by atoms with Crippen molar-refractivity contribution in [1.82, 2.24) is 9.13 Å². The van der Waals surface area contributed by atoms with Gasteiger partial charge in [0.25, 0.3) is 0 Å². The van der Waals surface area contributed by atoms with E-state index in [9.17, 15) is 0 Å². The molecule has 1 aliphatic rings. The number of hydrogen-bond acceptors (Lipinski definition) is 0. The highest BCUT2D eigenvalue weighted by Gasteiger charge is 2.39. The zero-order valence-corrected chi connectivity index (χ0v) is 30.1. The van der Waals surface area contributed by atoms with Crippen LogP contribution in [0.2, 0.25) is 0 Å². The lowest BCUT2D eigenvalue weighted by Crippen LogP contribution is -2.19. The molecule has 49 heavy (non-hydrogen) atoms. The molecular formula is C47H46N2. The molecule has 0 spiro atoms. The zero-order chi connectivity index (χ0) is 34.1. The van der Waals surface area contributed by atoms with Crippen LogP contribution >= 0.6 is 0 Å². The topological polar surface area (TPSA) is 9.86 Å². The summed E-state index contributed by atoms with van der Waals surface area (Å²) in [6, 6.07) is 32.6. The second kappa shape index (κ2) is 11.6. The molecule has 1 unspecified atom stereocenters. The van der Waals surface area contributed by atoms with Crippen LogP contribution in [0.15, 0.2) is 84.9 Å². The van der Waals surface area contributed by atoms with Gasteiger partial charge in [0.2, 0.25) is 0 Å². The van der Waals surface area contributed by atoms with Gasteiger partial charge in [0, 0.05) is 21.5 Å². The fourth-order valence-corrected chi connectivity index (χ4v) is 8.85. The molecule has 1 aliphatic carbocycles. The van der Waals surface area contributed by atoms with Crippen LogP contribution in [0.3, 0.4) is 0 Å². The van der Waals surface area contributed by atoms with Crippen LogP contribution < -0.4 is 0 Å². The Kier molecular flexibility index (Phi) is 7.42. The molecule has 2 heterocycles. The van der Waals surface area contributed by atoms with Crippen LogP contribution in [0.25, 0.3) is 54.4 Å². The standard InChI is InChI=1S/C47H46N2/c1-8-10-24-48-42-27-31(26-41-35-21-18-33-14-12-13-15-34(33)40(35)30-47(41,6)7)16-19-36(42)38-22-23-39-37-20-17-32(29-46(3,4)5)28-43(37)49(25-11-9-2)45(39)44(38)48/h12-23,27-28,41H,24-26,29-30H2,1-7H3. The molecule has 0 aliphatic heterocycles. The minimum absolute atomic E-state index is 0.182. The summed E-state index contributed by atoms with van der Waals surface area (Å²) in [4.78, 5) is 0. The first-order chi connectivity index (χ1) is 23.6. The van der Waals surface area contributed by atoms with Crippen molar-refractivity contribution in [3.8, 4) is 23.7 Å². The van der Waals surface area contributed by atoms with E-state index in [4.69, 9.17) is 0 Å². The van der Waals surface area contributed by atoms with E-state index >= 15 is 0 Å². The Labute approximate surface area is 291 Å². The molecule has 1 atom stereocenters. The minimum Gasteiger partial charge on any atom is -0.327 e. The third-order valence-corrected chi connectivity index (χ3v) is 11.0. The first kappa shape index (κ1) is 31.4. The molecule has 0 N–H and O–H groups in total. The maximum absolute atomic E-state index is 3.44. The summed E-state index contributed by atoms with van der Waals surface area (Å²) >= 11 is 0. The highest BCUT2D eigenvalue weighted by molar-refractivity contribution is 6.22. The highest BCUT2D eigenvalue weighted by atomic mass is 15.0. The molecule has 244 valence electrons. The molecule has 0 fully saturated rings. The summed E-state index contributed by atoms with van der Waals surface area (Å²) in [7, 11) is 0. The molecule has 2 nitrogen and oxygen atoms in total. The van der Waals surface area contributed by atoms with Crippen molar-refractivity contribution in [2.45, 2.75) is 86.7 Å². The molecule has 0 amide bonds. The Morgan fingerprint density at radius 3 is 1.86 bits per heavy atom. The van der Waals surface area contributed by atoms with Crippen LogP contribution in [0.4, 0.5) is 0 Å². The number of hydrogen-bond donors (Lipinski definition) is 0. The molecule has 0 radical (unpaired) electrons. The van der Waals surface area contributed by atoms with E-state index in [-0.39, 0.29) is 10.8 Å². The fraction of sp³-hybridized carbons (Fsp3) is 0.319. The smallest absolute Gasteiger partial charge is 0.0844 e. The molecular weight excluding hydrogens is 593 g/mol. The van der Waals surface area contributed by atoms with Gasteiger partial charge in [-0.1, -0.05) is 119 Å². The molecule has 7 aromatic rings. The van der Waals surface area contributed by atoms with E-state index in [1.54, 1.807) is 0 Å². The summed E-state index contributed by atoms with van der Waals surface area (Å²) in [5, 5.41) is 7.92. The molecule has 2 heteroatoms. The normalized spacial score (nSPS) is 15.5. The molecule has 0 saturated heterocycles. The van der Waals surface area contributed by atoms with Gasteiger partial charge in [-0.3, -0.25) is 0 Å². The predicted molar refractivity (Wildman–Crippen MR) is 210 cm³/mol. The molecule has 2 aromatic heterocycles.